The van der Waals surface area contributed by atoms with Crippen LogP contribution in [0.25, 0.3) is 5.69 Å². The molecule has 0 amide bonds. The lowest BCUT2D eigenvalue weighted by Crippen LogP contribution is -2.82. The van der Waals surface area contributed by atoms with Gasteiger partial charge in [0.2, 0.25) is 5.16 Å². The van der Waals surface area contributed by atoms with Crippen LogP contribution in [0, 0.1) is 0 Å². The van der Waals surface area contributed by atoms with Crippen LogP contribution in [0.2, 0.25) is 0 Å². The molecule has 0 radical (unpaired) electrons. The average Bonchev–Trinajstić information content (AvgIpc) is 3.25. The van der Waals surface area contributed by atoms with Gasteiger partial charge in [-0.2, -0.15) is 4.68 Å². The minimum Gasteiger partial charge on any atom is -0.490 e. The van der Waals surface area contributed by atoms with Gasteiger partial charge in [-0.3, -0.25) is 0 Å². The number of hydrogen-bond acceptors (Lipinski definition) is 6. The molecule has 0 aliphatic heterocycles. The van der Waals surface area contributed by atoms with Crippen LogP contribution in [0.1, 0.15) is 18.9 Å². The predicted molar refractivity (Wildman–Crippen MR) is 118 cm³/mol. The molecular weight excluding hydrogens is 398 g/mol. The van der Waals surface area contributed by atoms with Gasteiger partial charge in [-0.1, -0.05) is 42.6 Å². The number of ether oxygens (including phenoxy) is 2. The van der Waals surface area contributed by atoms with Crippen molar-refractivity contribution in [1.82, 2.24) is 20.2 Å². The monoisotopic (exact) mass is 426 g/mol. The van der Waals surface area contributed by atoms with Gasteiger partial charge in [0.05, 0.1) is 18.8 Å². The average molecular weight is 427 g/mol. The highest BCUT2D eigenvalue weighted by Gasteiger charge is 2.09. The molecule has 1 aromatic heterocycles. The molecule has 8 heteroatoms. The molecule has 1 heterocycles. The van der Waals surface area contributed by atoms with Crippen molar-refractivity contribution >= 4 is 11.8 Å². The molecular formula is C22H28N5O2S+. The summed E-state index contributed by atoms with van der Waals surface area (Å²) in [7, 11) is 0. The summed E-state index contributed by atoms with van der Waals surface area (Å²) in [5, 5.41) is 15.2. The van der Waals surface area contributed by atoms with Crippen molar-refractivity contribution in [3.63, 3.8) is 0 Å². The summed E-state index contributed by atoms with van der Waals surface area (Å²) in [5.41, 5.74) is 2.19. The molecule has 0 atom stereocenters. The largest absolute Gasteiger partial charge is 0.490 e. The zero-order chi connectivity index (χ0) is 21.0. The van der Waals surface area contributed by atoms with Gasteiger partial charge in [0, 0.05) is 17.7 Å². The summed E-state index contributed by atoms with van der Waals surface area (Å²) in [6.07, 6.45) is 2.79. The van der Waals surface area contributed by atoms with E-state index >= 15 is 0 Å². The van der Waals surface area contributed by atoms with Crippen LogP contribution in [-0.2, 0) is 6.54 Å². The highest BCUT2D eigenvalue weighted by molar-refractivity contribution is 7.99. The van der Waals surface area contributed by atoms with Crippen LogP contribution in [0.5, 0.6) is 11.5 Å². The van der Waals surface area contributed by atoms with Gasteiger partial charge in [0.1, 0.15) is 13.2 Å². The Morgan fingerprint density at radius 3 is 2.80 bits per heavy atom. The van der Waals surface area contributed by atoms with Gasteiger partial charge in [-0.25, -0.2) is 0 Å². The summed E-state index contributed by atoms with van der Waals surface area (Å²) in [5.74, 6) is 2.50. The van der Waals surface area contributed by atoms with Crippen molar-refractivity contribution in [1.29, 1.82) is 0 Å². The molecule has 0 aliphatic rings. The number of nitrogens with two attached hydrogens (primary N) is 1. The van der Waals surface area contributed by atoms with E-state index in [1.807, 2.05) is 43.3 Å². The number of thioether (sulfide) groups is 1. The maximum absolute atomic E-state index is 5.71. The standard InChI is InChI=1S/C22H27N5O2S/c1-3-14-29-20-12-11-18(16-21(20)28-4-2)17-23-13-8-15-30-22-24-25-26-27(22)19-9-6-5-7-10-19/h3,5-7,9-12,16,23H,1,4,8,13-15,17H2,2H3/p+1. The summed E-state index contributed by atoms with van der Waals surface area (Å²) < 4.78 is 13.1. The molecule has 0 unspecified atom stereocenters. The van der Waals surface area contributed by atoms with E-state index < -0.39 is 0 Å². The first kappa shape index (κ1) is 21.9. The van der Waals surface area contributed by atoms with Crippen LogP contribution in [0.4, 0.5) is 0 Å². The third-order valence-electron chi connectivity index (χ3n) is 4.27. The molecule has 3 aromatic rings. The fourth-order valence-electron chi connectivity index (χ4n) is 2.88. The molecule has 3 rings (SSSR count). The summed E-state index contributed by atoms with van der Waals surface area (Å²) >= 11 is 1.68. The molecule has 7 nitrogen and oxygen atoms in total. The molecule has 0 bridgehead atoms. The molecule has 2 aromatic carbocycles. The Kier molecular flexibility index (Phi) is 8.74. The van der Waals surface area contributed by atoms with E-state index in [9.17, 15) is 0 Å². The van der Waals surface area contributed by atoms with Gasteiger partial charge in [-0.05, 0) is 47.7 Å². The Balaban J connectivity index is 1.42. The van der Waals surface area contributed by atoms with E-state index in [4.69, 9.17) is 9.47 Å². The zero-order valence-corrected chi connectivity index (χ0v) is 18.1. The molecule has 2 N–H and O–H groups in total. The molecule has 158 valence electrons. The van der Waals surface area contributed by atoms with Crippen LogP contribution < -0.4 is 14.8 Å². The lowest BCUT2D eigenvalue weighted by molar-refractivity contribution is -0.670. The second-order valence-electron chi connectivity index (χ2n) is 6.51. The number of aromatic nitrogens is 4. The topological polar surface area (TPSA) is 78.7 Å². The number of rotatable bonds is 13. The highest BCUT2D eigenvalue weighted by Crippen LogP contribution is 2.28. The van der Waals surface area contributed by atoms with Gasteiger partial charge in [-0.15, -0.1) is 5.10 Å². The van der Waals surface area contributed by atoms with Gasteiger partial charge >= 0.3 is 0 Å². The first-order valence-corrected chi connectivity index (χ1v) is 11.1. The van der Waals surface area contributed by atoms with E-state index in [1.165, 1.54) is 5.56 Å². The maximum atomic E-state index is 5.71. The number of quaternary nitrogens is 1. The zero-order valence-electron chi connectivity index (χ0n) is 17.2. The number of tetrazole rings is 1. The fourth-order valence-corrected chi connectivity index (χ4v) is 3.73. The summed E-state index contributed by atoms with van der Waals surface area (Å²) in [6.45, 7) is 8.66. The minimum atomic E-state index is 0.469. The van der Waals surface area contributed by atoms with E-state index in [2.05, 4.69) is 39.6 Å². The normalized spacial score (nSPS) is 10.7. The summed E-state index contributed by atoms with van der Waals surface area (Å²) in [6, 6.07) is 16.1. The molecule has 0 fully saturated rings. The van der Waals surface area contributed by atoms with Crippen molar-refractivity contribution in [2.45, 2.75) is 25.0 Å². The van der Waals surface area contributed by atoms with Crippen molar-refractivity contribution in [2.75, 3.05) is 25.5 Å². The van der Waals surface area contributed by atoms with Gasteiger partial charge in [0.25, 0.3) is 0 Å². The Labute approximate surface area is 181 Å². The Hall–Kier alpha value is -2.84. The van der Waals surface area contributed by atoms with Crippen LogP contribution in [0.3, 0.4) is 0 Å². The SMILES string of the molecule is C=CCOc1ccc(C[NH2+]CCCSc2nnnn2-c2ccccc2)cc1OCC. The quantitative estimate of drug-likeness (QED) is 0.257. The molecule has 0 saturated carbocycles. The van der Waals surface area contributed by atoms with E-state index in [1.54, 1.807) is 22.5 Å². The second-order valence-corrected chi connectivity index (χ2v) is 7.57. The van der Waals surface area contributed by atoms with Crippen molar-refractivity contribution in [3.05, 3.63) is 66.7 Å². The second kappa shape index (κ2) is 12.0. The first-order valence-electron chi connectivity index (χ1n) is 10.1. The van der Waals surface area contributed by atoms with Gasteiger partial charge < -0.3 is 14.8 Å². The third-order valence-corrected chi connectivity index (χ3v) is 5.28. The molecule has 0 saturated heterocycles. The maximum Gasteiger partial charge on any atom is 0.214 e. The summed E-state index contributed by atoms with van der Waals surface area (Å²) in [4.78, 5) is 0. The van der Waals surface area contributed by atoms with Crippen LogP contribution in [0.15, 0.2) is 66.3 Å². The van der Waals surface area contributed by atoms with Crippen molar-refractivity contribution in [3.8, 4) is 17.2 Å². The van der Waals surface area contributed by atoms with Crippen molar-refractivity contribution < 1.29 is 14.8 Å². The van der Waals surface area contributed by atoms with Crippen molar-refractivity contribution in [2.24, 2.45) is 0 Å². The lowest BCUT2D eigenvalue weighted by Gasteiger charge is -2.12. The Bertz CT molecular complexity index is 917. The van der Waals surface area contributed by atoms with Gasteiger partial charge in [0.15, 0.2) is 11.5 Å². The molecule has 30 heavy (non-hydrogen) atoms. The number of nitrogens with zero attached hydrogens (tertiary/aromatic N) is 4. The Morgan fingerprint density at radius 1 is 1.13 bits per heavy atom. The van der Waals surface area contributed by atoms with E-state index in [0.29, 0.717) is 13.2 Å². The third kappa shape index (κ3) is 6.33. The van der Waals surface area contributed by atoms with Crippen LogP contribution >= 0.6 is 11.8 Å². The molecule has 0 aliphatic carbocycles. The fraction of sp³-hybridized carbons (Fsp3) is 0.318. The Morgan fingerprint density at radius 2 is 2.00 bits per heavy atom. The predicted octanol–water partition coefficient (Wildman–Crippen LogP) is 2.87. The lowest BCUT2D eigenvalue weighted by atomic mass is 10.2. The first-order chi connectivity index (χ1) is 14.8. The number of hydrogen-bond donors (Lipinski definition) is 1. The van der Waals surface area contributed by atoms with Crippen LogP contribution in [-0.4, -0.2) is 45.7 Å². The smallest absolute Gasteiger partial charge is 0.214 e. The van der Waals surface area contributed by atoms with E-state index in [0.717, 1.165) is 47.6 Å². The van der Waals surface area contributed by atoms with E-state index in [-0.39, 0.29) is 0 Å². The molecule has 0 spiro atoms. The number of benzene rings is 2. The highest BCUT2D eigenvalue weighted by atomic mass is 32.2. The number of para-hydroxylation sites is 1. The minimum absolute atomic E-state index is 0.469.